The second-order valence-corrected chi connectivity index (χ2v) is 4.20. The predicted octanol–water partition coefficient (Wildman–Crippen LogP) is 2.56. The van der Waals surface area contributed by atoms with Gasteiger partial charge in [0.1, 0.15) is 5.02 Å². The lowest BCUT2D eigenvalue weighted by molar-refractivity contribution is -0.384. The van der Waals surface area contributed by atoms with Crippen LogP contribution in [0, 0.1) is 17.0 Å². The van der Waals surface area contributed by atoms with Crippen molar-refractivity contribution in [2.75, 3.05) is 18.4 Å². The largest absolute Gasteiger partial charge is 0.379 e. The molecule has 0 unspecified atom stereocenters. The minimum Gasteiger partial charge on any atom is -0.379 e. The first kappa shape index (κ1) is 14.6. The van der Waals surface area contributed by atoms with Gasteiger partial charge in [-0.25, -0.2) is 8.78 Å². The van der Waals surface area contributed by atoms with Gasteiger partial charge >= 0.3 is 0 Å². The van der Waals surface area contributed by atoms with Crippen molar-refractivity contribution in [1.82, 2.24) is 0 Å². The van der Waals surface area contributed by atoms with Crippen LogP contribution in [0.3, 0.4) is 0 Å². The summed E-state index contributed by atoms with van der Waals surface area (Å²) >= 11 is 5.69. The summed E-state index contributed by atoms with van der Waals surface area (Å²) in [6, 6.07) is 2.48. The zero-order valence-corrected chi connectivity index (χ0v) is 10.3. The molecule has 0 aliphatic rings. The van der Waals surface area contributed by atoms with Crippen molar-refractivity contribution < 1.29 is 13.7 Å². The van der Waals surface area contributed by atoms with E-state index >= 15 is 0 Å². The van der Waals surface area contributed by atoms with Crippen LogP contribution < -0.4 is 11.1 Å². The molecule has 0 bridgehead atoms. The first-order valence-corrected chi connectivity index (χ1v) is 5.41. The van der Waals surface area contributed by atoms with Crippen LogP contribution in [0.15, 0.2) is 12.1 Å². The van der Waals surface area contributed by atoms with E-state index in [1.165, 1.54) is 12.1 Å². The molecule has 0 aliphatic carbocycles. The second-order valence-electron chi connectivity index (χ2n) is 3.79. The van der Waals surface area contributed by atoms with Crippen molar-refractivity contribution in [1.29, 1.82) is 0 Å². The fourth-order valence-corrected chi connectivity index (χ4v) is 1.53. The summed E-state index contributed by atoms with van der Waals surface area (Å²) in [5.74, 6) is -3.04. The van der Waals surface area contributed by atoms with Gasteiger partial charge in [0.15, 0.2) is 0 Å². The van der Waals surface area contributed by atoms with E-state index in [1.54, 1.807) is 6.92 Å². The summed E-state index contributed by atoms with van der Waals surface area (Å²) in [7, 11) is 0. The molecule has 18 heavy (non-hydrogen) atoms. The molecule has 0 heterocycles. The van der Waals surface area contributed by atoms with E-state index in [0.717, 1.165) is 0 Å². The zero-order valence-electron chi connectivity index (χ0n) is 9.54. The Morgan fingerprint density at radius 2 is 2.17 bits per heavy atom. The van der Waals surface area contributed by atoms with Gasteiger partial charge in [-0.15, -0.1) is 0 Å². The van der Waals surface area contributed by atoms with Crippen LogP contribution in [-0.4, -0.2) is 23.9 Å². The number of nitro groups is 1. The average Bonchev–Trinajstić information content (AvgIpc) is 2.29. The third kappa shape index (κ3) is 3.51. The van der Waals surface area contributed by atoms with Crippen LogP contribution in [-0.2, 0) is 0 Å². The van der Waals surface area contributed by atoms with Gasteiger partial charge in [-0.3, -0.25) is 10.1 Å². The van der Waals surface area contributed by atoms with Gasteiger partial charge in [-0.05, 0) is 18.6 Å². The third-order valence-corrected chi connectivity index (χ3v) is 2.63. The van der Waals surface area contributed by atoms with Crippen LogP contribution in [0.4, 0.5) is 20.2 Å². The van der Waals surface area contributed by atoms with Gasteiger partial charge in [-0.2, -0.15) is 0 Å². The SMILES string of the molecule is Cc1cc([N+](=O)[O-])c(Cl)cc1NCC(F)(F)CN. The van der Waals surface area contributed by atoms with Crippen LogP contribution in [0.5, 0.6) is 0 Å². The molecular weight excluding hydrogens is 268 g/mol. The van der Waals surface area contributed by atoms with Crippen molar-refractivity contribution in [2.24, 2.45) is 5.73 Å². The molecule has 0 atom stereocenters. The number of benzene rings is 1. The number of nitrogens with one attached hydrogen (secondary N) is 1. The third-order valence-electron chi connectivity index (χ3n) is 2.33. The molecule has 0 saturated heterocycles. The number of hydrogen-bond acceptors (Lipinski definition) is 4. The summed E-state index contributed by atoms with van der Waals surface area (Å²) in [5.41, 5.74) is 5.41. The smallest absolute Gasteiger partial charge is 0.288 e. The summed E-state index contributed by atoms with van der Waals surface area (Å²) in [6.45, 7) is 0.129. The quantitative estimate of drug-likeness (QED) is 0.641. The van der Waals surface area contributed by atoms with Crippen LogP contribution >= 0.6 is 11.6 Å². The summed E-state index contributed by atoms with van der Waals surface area (Å²) < 4.78 is 25.9. The zero-order chi connectivity index (χ0) is 13.9. The maximum Gasteiger partial charge on any atom is 0.288 e. The summed E-state index contributed by atoms with van der Waals surface area (Å²) in [6.07, 6.45) is 0. The molecular formula is C10H12ClF2N3O2. The van der Waals surface area contributed by atoms with Crippen LogP contribution in [0.1, 0.15) is 5.56 Å². The van der Waals surface area contributed by atoms with E-state index in [2.05, 4.69) is 5.32 Å². The highest BCUT2D eigenvalue weighted by Gasteiger charge is 2.26. The molecule has 0 amide bonds. The Bertz CT molecular complexity index is 469. The summed E-state index contributed by atoms with van der Waals surface area (Å²) in [4.78, 5) is 9.98. The number of nitrogens with two attached hydrogens (primary N) is 1. The molecule has 0 aromatic heterocycles. The van der Waals surface area contributed by atoms with Crippen molar-refractivity contribution >= 4 is 23.0 Å². The number of anilines is 1. The number of halogens is 3. The predicted molar refractivity (Wildman–Crippen MR) is 65.3 cm³/mol. The van der Waals surface area contributed by atoms with Crippen molar-refractivity contribution in [3.63, 3.8) is 0 Å². The van der Waals surface area contributed by atoms with Gasteiger partial charge in [-0.1, -0.05) is 11.6 Å². The molecule has 100 valence electrons. The molecule has 0 saturated carbocycles. The molecule has 1 rings (SSSR count). The Morgan fingerprint density at radius 1 is 1.56 bits per heavy atom. The first-order chi connectivity index (χ1) is 8.26. The molecule has 0 fully saturated rings. The molecule has 1 aromatic carbocycles. The molecule has 5 nitrogen and oxygen atoms in total. The molecule has 1 aromatic rings. The van der Waals surface area contributed by atoms with Crippen molar-refractivity contribution in [2.45, 2.75) is 12.8 Å². The maximum absolute atomic E-state index is 12.9. The normalized spacial score (nSPS) is 11.4. The molecule has 3 N–H and O–H groups in total. The molecule has 0 radical (unpaired) electrons. The topological polar surface area (TPSA) is 81.2 Å². The van der Waals surface area contributed by atoms with E-state index < -0.39 is 23.9 Å². The van der Waals surface area contributed by atoms with Gasteiger partial charge in [0.2, 0.25) is 0 Å². The summed E-state index contributed by atoms with van der Waals surface area (Å²) in [5, 5.41) is 13.0. The Labute approximate surface area is 107 Å². The number of nitrogens with zero attached hydrogens (tertiary/aromatic N) is 1. The fourth-order valence-electron chi connectivity index (χ4n) is 1.29. The van der Waals surface area contributed by atoms with Gasteiger partial charge in [0.05, 0.1) is 18.0 Å². The van der Waals surface area contributed by atoms with Crippen molar-refractivity contribution in [3.05, 3.63) is 32.8 Å². The van der Waals surface area contributed by atoms with Gasteiger partial charge in [0.25, 0.3) is 11.6 Å². The Hall–Kier alpha value is -1.47. The van der Waals surface area contributed by atoms with E-state index in [4.69, 9.17) is 17.3 Å². The lowest BCUT2D eigenvalue weighted by Gasteiger charge is -2.16. The highest BCUT2D eigenvalue weighted by molar-refractivity contribution is 6.33. The lowest BCUT2D eigenvalue weighted by atomic mass is 10.1. The Morgan fingerprint density at radius 3 is 2.67 bits per heavy atom. The highest BCUT2D eigenvalue weighted by atomic mass is 35.5. The molecule has 0 spiro atoms. The van der Waals surface area contributed by atoms with Crippen molar-refractivity contribution in [3.8, 4) is 0 Å². The standard InChI is InChI=1S/C10H12ClF2N3O2/c1-6-2-9(16(17)18)7(11)3-8(6)15-5-10(12,13)4-14/h2-3,15H,4-5,14H2,1H3. The minimum atomic E-state index is -3.04. The maximum atomic E-state index is 12.9. The molecule has 8 heteroatoms. The number of hydrogen-bond donors (Lipinski definition) is 2. The molecule has 0 aliphatic heterocycles. The highest BCUT2D eigenvalue weighted by Crippen LogP contribution is 2.30. The number of rotatable bonds is 5. The Balaban J connectivity index is 2.92. The Kier molecular flexibility index (Phi) is 4.42. The van der Waals surface area contributed by atoms with E-state index in [1.807, 2.05) is 0 Å². The van der Waals surface area contributed by atoms with E-state index in [0.29, 0.717) is 11.3 Å². The first-order valence-electron chi connectivity index (χ1n) is 5.03. The second kappa shape index (κ2) is 5.45. The average molecular weight is 280 g/mol. The number of nitro benzene ring substituents is 1. The number of aryl methyl sites for hydroxylation is 1. The minimum absolute atomic E-state index is 0.107. The van der Waals surface area contributed by atoms with Gasteiger partial charge in [0, 0.05) is 11.8 Å². The van der Waals surface area contributed by atoms with Crippen LogP contribution in [0.25, 0.3) is 0 Å². The lowest BCUT2D eigenvalue weighted by Crippen LogP contribution is -2.35. The number of alkyl halides is 2. The van der Waals surface area contributed by atoms with Gasteiger partial charge < -0.3 is 11.1 Å². The van der Waals surface area contributed by atoms with E-state index in [9.17, 15) is 18.9 Å². The van der Waals surface area contributed by atoms with E-state index in [-0.39, 0.29) is 10.7 Å². The monoisotopic (exact) mass is 279 g/mol. The van der Waals surface area contributed by atoms with Crippen LogP contribution in [0.2, 0.25) is 5.02 Å². The fraction of sp³-hybridized carbons (Fsp3) is 0.400.